The molecule has 0 radical (unpaired) electrons. The second kappa shape index (κ2) is 13.1. The van der Waals surface area contributed by atoms with Crippen molar-refractivity contribution in [1.29, 1.82) is 0 Å². The van der Waals surface area contributed by atoms with Crippen LogP contribution in [0.15, 0.2) is 53.5 Å². The highest BCUT2D eigenvalue weighted by molar-refractivity contribution is 7.88. The lowest BCUT2D eigenvalue weighted by Gasteiger charge is -2.35. The lowest BCUT2D eigenvalue weighted by Crippen LogP contribution is -2.49. The third kappa shape index (κ3) is 7.32. The first kappa shape index (κ1) is 31.7. The zero-order valence-corrected chi connectivity index (χ0v) is 26.1. The number of methoxy groups -OCH3 is 1. The van der Waals surface area contributed by atoms with Crippen molar-refractivity contribution in [2.45, 2.75) is 25.5 Å². The van der Waals surface area contributed by atoms with E-state index in [2.05, 4.69) is 12.0 Å². The van der Waals surface area contributed by atoms with E-state index in [0.29, 0.717) is 36.1 Å². The van der Waals surface area contributed by atoms with Gasteiger partial charge < -0.3 is 19.1 Å². The number of nitrogens with zero attached hydrogens (tertiary/aromatic N) is 5. The van der Waals surface area contributed by atoms with Gasteiger partial charge in [0, 0.05) is 49.8 Å². The molecule has 13 nitrogen and oxygen atoms in total. The topological polar surface area (TPSA) is 146 Å². The molecule has 2 aromatic carbocycles. The third-order valence-corrected chi connectivity index (χ3v) is 9.81. The molecule has 15 heteroatoms. The van der Waals surface area contributed by atoms with Gasteiger partial charge in [0.1, 0.15) is 12.3 Å². The van der Waals surface area contributed by atoms with Gasteiger partial charge in [-0.3, -0.25) is 14.9 Å². The van der Waals surface area contributed by atoms with Crippen LogP contribution in [0.3, 0.4) is 0 Å². The van der Waals surface area contributed by atoms with Gasteiger partial charge in [-0.1, -0.05) is 30.7 Å². The van der Waals surface area contributed by atoms with E-state index >= 15 is 0 Å². The van der Waals surface area contributed by atoms with Crippen LogP contribution in [0.25, 0.3) is 5.69 Å². The van der Waals surface area contributed by atoms with Gasteiger partial charge in [0.15, 0.2) is 5.75 Å². The zero-order valence-electron chi connectivity index (χ0n) is 24.5. The molecule has 44 heavy (non-hydrogen) atoms. The first-order valence-electron chi connectivity index (χ1n) is 14.1. The zero-order chi connectivity index (χ0) is 31.5. The van der Waals surface area contributed by atoms with Gasteiger partial charge in [-0.05, 0) is 42.7 Å². The van der Waals surface area contributed by atoms with Crippen LogP contribution in [-0.4, -0.2) is 80.5 Å². The van der Waals surface area contributed by atoms with Crippen molar-refractivity contribution < 1.29 is 27.6 Å². The van der Waals surface area contributed by atoms with Crippen molar-refractivity contribution in [3.8, 4) is 17.2 Å². The summed E-state index contributed by atoms with van der Waals surface area (Å²) >= 11 is 6.15. The summed E-state index contributed by atoms with van der Waals surface area (Å²) in [4.78, 5) is 26.5. The van der Waals surface area contributed by atoms with Crippen LogP contribution in [0.4, 0.5) is 11.4 Å². The molecule has 1 saturated carbocycles. The van der Waals surface area contributed by atoms with Crippen LogP contribution in [-0.2, 0) is 20.5 Å². The van der Waals surface area contributed by atoms with Gasteiger partial charge in [-0.2, -0.15) is 14.1 Å². The van der Waals surface area contributed by atoms with Crippen molar-refractivity contribution in [3.05, 3.63) is 79.7 Å². The number of ether oxygens (including phenoxy) is 3. The molecule has 0 unspecified atom stereocenters. The Labute approximate surface area is 260 Å². The Kier molecular flexibility index (Phi) is 9.44. The van der Waals surface area contributed by atoms with Gasteiger partial charge in [-0.25, -0.2) is 8.42 Å². The van der Waals surface area contributed by atoms with Crippen LogP contribution in [0.5, 0.6) is 11.5 Å². The van der Waals surface area contributed by atoms with E-state index in [9.17, 15) is 23.3 Å². The maximum absolute atomic E-state index is 13.6. The summed E-state index contributed by atoms with van der Waals surface area (Å²) in [5, 5.41) is 16.4. The summed E-state index contributed by atoms with van der Waals surface area (Å²) in [6, 6.07) is 10.9. The van der Waals surface area contributed by atoms with E-state index in [1.165, 1.54) is 34.3 Å². The van der Waals surface area contributed by atoms with Crippen molar-refractivity contribution in [1.82, 2.24) is 14.1 Å². The van der Waals surface area contributed by atoms with E-state index in [0.717, 1.165) is 12.8 Å². The Morgan fingerprint density at radius 2 is 1.82 bits per heavy atom. The fourth-order valence-corrected chi connectivity index (χ4v) is 6.54. The lowest BCUT2D eigenvalue weighted by atomic mass is 10.2. The molecule has 0 N–H and O–H groups in total. The number of sulfonamides is 1. The molecular formula is C29H34ClN5O8S. The fourth-order valence-electron chi connectivity index (χ4n) is 4.85. The molecule has 2 heterocycles. The first-order valence-corrected chi connectivity index (χ1v) is 16.1. The number of aromatic nitrogens is 2. The highest BCUT2D eigenvalue weighted by atomic mass is 35.5. The quantitative estimate of drug-likeness (QED) is 0.153. The van der Waals surface area contributed by atoms with E-state index < -0.39 is 26.3 Å². The van der Waals surface area contributed by atoms with Crippen molar-refractivity contribution in [2.75, 3.05) is 58.0 Å². The second-order valence-electron chi connectivity index (χ2n) is 11.2. The average molecular weight is 648 g/mol. The summed E-state index contributed by atoms with van der Waals surface area (Å²) < 4.78 is 45.7. The summed E-state index contributed by atoms with van der Waals surface area (Å²) in [6.07, 6.45) is 3.59. The highest BCUT2D eigenvalue weighted by Crippen LogP contribution is 2.45. The number of hydrogen-bond acceptors (Lipinski definition) is 10. The minimum Gasteiger partial charge on any atom is -0.486 e. The monoisotopic (exact) mass is 647 g/mol. The van der Waals surface area contributed by atoms with Gasteiger partial charge in [0.05, 0.1) is 35.8 Å². The Balaban J connectivity index is 1.31. The van der Waals surface area contributed by atoms with Crippen LogP contribution < -0.4 is 19.9 Å². The van der Waals surface area contributed by atoms with E-state index in [-0.39, 0.29) is 54.5 Å². The summed E-state index contributed by atoms with van der Waals surface area (Å²) in [5.74, 6) is -0.206. The normalized spacial score (nSPS) is 16.5. The summed E-state index contributed by atoms with van der Waals surface area (Å²) in [5.41, 5.74) is 0.545. The number of hydrogen-bond donors (Lipinski definition) is 0. The Morgan fingerprint density at radius 3 is 2.48 bits per heavy atom. The lowest BCUT2D eigenvalue weighted by molar-refractivity contribution is -0.385. The van der Waals surface area contributed by atoms with E-state index in [4.69, 9.17) is 25.8 Å². The van der Waals surface area contributed by atoms with E-state index in [1.807, 2.05) is 4.90 Å². The number of halogens is 1. The summed E-state index contributed by atoms with van der Waals surface area (Å²) in [7, 11) is -2.32. The molecule has 0 spiro atoms. The van der Waals surface area contributed by atoms with Gasteiger partial charge in [0.25, 0.3) is 0 Å². The Morgan fingerprint density at radius 1 is 1.07 bits per heavy atom. The minimum atomic E-state index is -3.81. The number of benzene rings is 2. The number of piperazine rings is 1. The smallest absolute Gasteiger partial charge is 0.316 e. The molecule has 0 bridgehead atoms. The van der Waals surface area contributed by atoms with Crippen LogP contribution >= 0.6 is 11.6 Å². The Hall–Kier alpha value is -3.72. The molecular weight excluding hydrogens is 614 g/mol. The number of rotatable bonds is 13. The molecule has 236 valence electrons. The fraction of sp³-hybridized carbons (Fsp3) is 0.448. The molecule has 5 rings (SSSR count). The van der Waals surface area contributed by atoms with Crippen LogP contribution in [0.2, 0.25) is 5.02 Å². The average Bonchev–Trinajstić information content (AvgIpc) is 3.74. The van der Waals surface area contributed by atoms with Gasteiger partial charge in [0.2, 0.25) is 15.8 Å². The number of nitro benzene ring substituents is 1. The van der Waals surface area contributed by atoms with Crippen LogP contribution in [0, 0.1) is 15.5 Å². The minimum absolute atomic E-state index is 0.0178. The maximum atomic E-state index is 13.6. The number of nitro groups is 1. The molecule has 3 aromatic rings. The molecule has 0 amide bonds. The first-order chi connectivity index (χ1) is 21.0. The largest absolute Gasteiger partial charge is 0.486 e. The molecule has 1 aliphatic carbocycles. The van der Waals surface area contributed by atoms with Crippen LogP contribution in [0.1, 0.15) is 25.3 Å². The Bertz CT molecular complexity index is 1690. The summed E-state index contributed by atoms with van der Waals surface area (Å²) in [6.45, 7) is 3.74. The number of anilines is 1. The molecule has 1 aromatic heterocycles. The molecule has 0 atom stereocenters. The third-order valence-electron chi connectivity index (χ3n) is 7.72. The predicted octanol–water partition coefficient (Wildman–Crippen LogP) is 3.65. The highest BCUT2D eigenvalue weighted by Gasteiger charge is 2.39. The molecule has 2 aliphatic rings. The van der Waals surface area contributed by atoms with Gasteiger partial charge in [-0.15, -0.1) is 0 Å². The van der Waals surface area contributed by atoms with Crippen molar-refractivity contribution in [3.63, 3.8) is 0 Å². The second-order valence-corrected chi connectivity index (χ2v) is 13.6. The van der Waals surface area contributed by atoms with Gasteiger partial charge >= 0.3 is 11.2 Å². The SMILES string of the molecule is COCCOc1ccc(CS(=O)(=O)N2CCN(c3cnn(-c4cccc(Cl)c4)c(=O)c3OCC3(C)CC3)CC2)cc1[N+](=O)[O-]. The predicted molar refractivity (Wildman–Crippen MR) is 165 cm³/mol. The van der Waals surface area contributed by atoms with Crippen molar-refractivity contribution in [2.24, 2.45) is 5.41 Å². The molecule has 1 aliphatic heterocycles. The van der Waals surface area contributed by atoms with E-state index in [1.54, 1.807) is 30.5 Å². The molecule has 1 saturated heterocycles. The maximum Gasteiger partial charge on any atom is 0.316 e. The molecule has 2 fully saturated rings. The van der Waals surface area contributed by atoms with Crippen molar-refractivity contribution >= 4 is 33.0 Å². The standard InChI is InChI=1S/C29H34ClN5O8S/c1-29(8-9-29)20-43-27-25(18-31-34(28(27)36)23-5-3-4-22(30)17-23)32-10-12-33(13-11-32)44(39,40)19-21-6-7-26(42-15-14-41-2)24(16-21)35(37)38/h3-7,16-18H,8-15,19-20H2,1-2H3.